The summed E-state index contributed by atoms with van der Waals surface area (Å²) < 4.78 is 19.1. The highest BCUT2D eigenvalue weighted by molar-refractivity contribution is 5.87. The van der Waals surface area contributed by atoms with Gasteiger partial charge in [0, 0.05) is 6.42 Å². The smallest absolute Gasteiger partial charge is 0.335 e. The number of rotatable bonds is 11. The van der Waals surface area contributed by atoms with Crippen LogP contribution in [0.3, 0.4) is 0 Å². The average molecular weight is 296 g/mol. The molecular weight excluding hydrogens is 271 g/mol. The van der Waals surface area contributed by atoms with Gasteiger partial charge in [-0.1, -0.05) is 39.0 Å². The fourth-order valence-corrected chi connectivity index (χ4v) is 2.11. The number of unbranched alkanes of at least 4 members (excludes halogenated alkanes) is 4. The van der Waals surface area contributed by atoms with Crippen molar-refractivity contribution in [1.29, 1.82) is 0 Å². The Morgan fingerprint density at radius 1 is 1.14 bits per heavy atom. The number of alkyl halides is 1. The summed E-state index contributed by atoms with van der Waals surface area (Å²) in [6.07, 6.45) is 5.83. The molecule has 0 aromatic heterocycles. The van der Waals surface area contributed by atoms with Crippen molar-refractivity contribution >= 4 is 5.97 Å². The topological polar surface area (TPSA) is 46.5 Å². The van der Waals surface area contributed by atoms with Crippen LogP contribution in [0.1, 0.15) is 62.2 Å². The van der Waals surface area contributed by atoms with E-state index in [0.717, 1.165) is 12.8 Å². The molecule has 0 aliphatic rings. The third-order valence-corrected chi connectivity index (χ3v) is 3.42. The van der Waals surface area contributed by atoms with Gasteiger partial charge in [0.25, 0.3) is 0 Å². The lowest BCUT2D eigenvalue weighted by Crippen LogP contribution is -2.07. The maximum atomic E-state index is 13.6. The second-order valence-corrected chi connectivity index (χ2v) is 5.27. The summed E-state index contributed by atoms with van der Waals surface area (Å²) in [6, 6.07) is 6.17. The molecule has 1 aromatic carbocycles. The molecule has 0 aliphatic heterocycles. The Kier molecular flexibility index (Phi) is 8.48. The minimum Gasteiger partial charge on any atom is -0.493 e. The first-order valence-corrected chi connectivity index (χ1v) is 7.73. The summed E-state index contributed by atoms with van der Waals surface area (Å²) >= 11 is 0. The van der Waals surface area contributed by atoms with Crippen LogP contribution in [-0.2, 0) is 0 Å². The number of aromatic carboxylic acids is 1. The number of halogens is 1. The van der Waals surface area contributed by atoms with Gasteiger partial charge in [0.2, 0.25) is 0 Å². The monoisotopic (exact) mass is 296 g/mol. The normalized spacial score (nSPS) is 12.1. The molecular formula is C17H25FO3. The van der Waals surface area contributed by atoms with Gasteiger partial charge in [-0.25, -0.2) is 9.18 Å². The Bertz CT molecular complexity index is 403. The maximum absolute atomic E-state index is 13.6. The van der Waals surface area contributed by atoms with Gasteiger partial charge >= 0.3 is 5.97 Å². The number of hydrogen-bond acceptors (Lipinski definition) is 2. The van der Waals surface area contributed by atoms with Crippen molar-refractivity contribution in [2.75, 3.05) is 6.61 Å². The van der Waals surface area contributed by atoms with E-state index in [1.54, 1.807) is 12.1 Å². The van der Waals surface area contributed by atoms with E-state index in [0.29, 0.717) is 25.2 Å². The van der Waals surface area contributed by atoms with Crippen molar-refractivity contribution in [3.8, 4) is 5.75 Å². The molecule has 1 atom stereocenters. The van der Waals surface area contributed by atoms with E-state index >= 15 is 0 Å². The molecule has 118 valence electrons. The van der Waals surface area contributed by atoms with Gasteiger partial charge in [0.15, 0.2) is 0 Å². The summed E-state index contributed by atoms with van der Waals surface area (Å²) in [5.74, 6) is -0.386. The van der Waals surface area contributed by atoms with E-state index in [1.165, 1.54) is 31.4 Å². The van der Waals surface area contributed by atoms with Crippen molar-refractivity contribution in [2.45, 2.75) is 58.0 Å². The molecule has 0 amide bonds. The minimum absolute atomic E-state index is 0.220. The molecule has 21 heavy (non-hydrogen) atoms. The van der Waals surface area contributed by atoms with E-state index in [9.17, 15) is 9.18 Å². The molecule has 0 radical (unpaired) electrons. The molecule has 1 unspecified atom stereocenters. The molecule has 1 rings (SSSR count). The number of ether oxygens (including phenoxy) is 1. The number of carboxylic acid groups (broad SMARTS) is 1. The van der Waals surface area contributed by atoms with Gasteiger partial charge in [-0.2, -0.15) is 0 Å². The number of carboxylic acids is 1. The first-order valence-electron chi connectivity index (χ1n) is 7.73. The third kappa shape index (κ3) is 7.69. The van der Waals surface area contributed by atoms with Gasteiger partial charge in [0.1, 0.15) is 11.9 Å². The molecule has 0 bridgehead atoms. The van der Waals surface area contributed by atoms with Crippen LogP contribution in [0.4, 0.5) is 4.39 Å². The Morgan fingerprint density at radius 2 is 1.81 bits per heavy atom. The van der Waals surface area contributed by atoms with Crippen LogP contribution in [0, 0.1) is 0 Å². The molecule has 0 heterocycles. The average Bonchev–Trinajstić information content (AvgIpc) is 2.47. The van der Waals surface area contributed by atoms with Crippen molar-refractivity contribution in [3.05, 3.63) is 29.8 Å². The van der Waals surface area contributed by atoms with E-state index in [-0.39, 0.29) is 5.56 Å². The maximum Gasteiger partial charge on any atom is 0.335 e. The van der Waals surface area contributed by atoms with E-state index in [1.807, 2.05) is 0 Å². The molecule has 0 saturated heterocycles. The predicted molar refractivity (Wildman–Crippen MR) is 81.8 cm³/mol. The zero-order valence-electron chi connectivity index (χ0n) is 12.7. The van der Waals surface area contributed by atoms with E-state index in [2.05, 4.69) is 6.92 Å². The molecule has 0 spiro atoms. The SMILES string of the molecule is CCCCCCCC(F)CCOc1ccc(C(=O)O)cc1. The van der Waals surface area contributed by atoms with Crippen molar-refractivity contribution in [1.82, 2.24) is 0 Å². The molecule has 0 fully saturated rings. The second kappa shape index (κ2) is 10.2. The van der Waals surface area contributed by atoms with Crippen LogP contribution in [0.25, 0.3) is 0 Å². The standard InChI is InChI=1S/C17H25FO3/c1-2-3-4-5-6-7-15(18)12-13-21-16-10-8-14(9-11-16)17(19)20/h8-11,15H,2-7,12-13H2,1H3,(H,19,20). The van der Waals surface area contributed by atoms with Crippen LogP contribution in [0.2, 0.25) is 0 Å². The predicted octanol–water partition coefficient (Wildman–Crippen LogP) is 4.85. The summed E-state index contributed by atoms with van der Waals surface area (Å²) in [7, 11) is 0. The third-order valence-electron chi connectivity index (χ3n) is 3.42. The van der Waals surface area contributed by atoms with Crippen molar-refractivity contribution in [2.24, 2.45) is 0 Å². The first-order chi connectivity index (χ1) is 10.1. The largest absolute Gasteiger partial charge is 0.493 e. The lowest BCUT2D eigenvalue weighted by Gasteiger charge is -2.10. The number of carbonyl (C=O) groups is 1. The highest BCUT2D eigenvalue weighted by atomic mass is 19.1. The summed E-state index contributed by atoms with van der Waals surface area (Å²) in [6.45, 7) is 2.49. The van der Waals surface area contributed by atoms with Crippen LogP contribution in [0.15, 0.2) is 24.3 Å². The quantitative estimate of drug-likeness (QED) is 0.594. The molecule has 4 heteroatoms. The van der Waals surface area contributed by atoms with Gasteiger partial charge in [0.05, 0.1) is 12.2 Å². The van der Waals surface area contributed by atoms with Crippen molar-refractivity contribution < 1.29 is 19.0 Å². The van der Waals surface area contributed by atoms with Crippen LogP contribution < -0.4 is 4.74 Å². The molecule has 3 nitrogen and oxygen atoms in total. The Hall–Kier alpha value is -1.58. The zero-order valence-corrected chi connectivity index (χ0v) is 12.7. The highest BCUT2D eigenvalue weighted by Gasteiger charge is 2.07. The van der Waals surface area contributed by atoms with Gasteiger partial charge in [-0.05, 0) is 30.7 Å². The van der Waals surface area contributed by atoms with Crippen LogP contribution >= 0.6 is 0 Å². The highest BCUT2D eigenvalue weighted by Crippen LogP contribution is 2.15. The Balaban J connectivity index is 2.13. The number of benzene rings is 1. The lowest BCUT2D eigenvalue weighted by atomic mass is 10.1. The second-order valence-electron chi connectivity index (χ2n) is 5.27. The van der Waals surface area contributed by atoms with Crippen LogP contribution in [0.5, 0.6) is 5.75 Å². The molecule has 0 aliphatic carbocycles. The summed E-state index contributed by atoms with van der Waals surface area (Å²) in [5, 5.41) is 8.77. The summed E-state index contributed by atoms with van der Waals surface area (Å²) in [5.41, 5.74) is 0.220. The Morgan fingerprint density at radius 3 is 2.43 bits per heavy atom. The summed E-state index contributed by atoms with van der Waals surface area (Å²) in [4.78, 5) is 10.7. The molecule has 0 saturated carbocycles. The van der Waals surface area contributed by atoms with E-state index in [4.69, 9.17) is 9.84 Å². The fourth-order valence-electron chi connectivity index (χ4n) is 2.11. The van der Waals surface area contributed by atoms with Gasteiger partial charge < -0.3 is 9.84 Å². The van der Waals surface area contributed by atoms with Gasteiger partial charge in [-0.15, -0.1) is 0 Å². The number of hydrogen-bond donors (Lipinski definition) is 1. The molecule has 1 N–H and O–H groups in total. The minimum atomic E-state index is -0.964. The first kappa shape index (κ1) is 17.5. The Labute approximate surface area is 126 Å². The van der Waals surface area contributed by atoms with Crippen LogP contribution in [-0.4, -0.2) is 23.9 Å². The molecule has 1 aromatic rings. The lowest BCUT2D eigenvalue weighted by molar-refractivity contribution is 0.0697. The zero-order chi connectivity index (χ0) is 15.5. The van der Waals surface area contributed by atoms with E-state index < -0.39 is 12.1 Å². The van der Waals surface area contributed by atoms with Gasteiger partial charge in [-0.3, -0.25) is 0 Å². The fraction of sp³-hybridized carbons (Fsp3) is 0.588. The van der Waals surface area contributed by atoms with Crippen molar-refractivity contribution in [3.63, 3.8) is 0 Å².